The van der Waals surface area contributed by atoms with E-state index in [2.05, 4.69) is 5.32 Å². The molecule has 0 aliphatic rings. The lowest BCUT2D eigenvalue weighted by Gasteiger charge is -2.23. The summed E-state index contributed by atoms with van der Waals surface area (Å²) in [4.78, 5) is 24.8. The van der Waals surface area contributed by atoms with Crippen LogP contribution in [0.1, 0.15) is 49.9 Å². The van der Waals surface area contributed by atoms with Gasteiger partial charge in [-0.25, -0.2) is 22.0 Å². The number of carbonyl (C=O) groups excluding carboxylic acids is 2. The van der Waals surface area contributed by atoms with Crippen molar-refractivity contribution in [3.05, 3.63) is 130 Å². The topological polar surface area (TPSA) is 92.8 Å². The predicted molar refractivity (Wildman–Crippen MR) is 156 cm³/mol. The Morgan fingerprint density at radius 2 is 1.48 bits per heavy atom. The molecule has 218 valence electrons. The molecular weight excluding hydrogens is 562 g/mol. The van der Waals surface area contributed by atoms with E-state index in [1.54, 1.807) is 31.2 Å². The summed E-state index contributed by atoms with van der Waals surface area (Å²) in [6.45, 7) is 5.34. The third-order valence-electron chi connectivity index (χ3n) is 6.77. The van der Waals surface area contributed by atoms with Crippen LogP contribution in [-0.4, -0.2) is 31.2 Å². The van der Waals surface area contributed by atoms with E-state index in [0.717, 1.165) is 33.6 Å². The Labute approximate surface area is 243 Å². The van der Waals surface area contributed by atoms with Gasteiger partial charge in [0.25, 0.3) is 5.91 Å². The molecular formula is C32H30F2N2O5S. The van der Waals surface area contributed by atoms with Gasteiger partial charge in [-0.1, -0.05) is 36.4 Å². The number of nitrogens with one attached hydrogen (secondary N) is 1. The Morgan fingerprint density at radius 1 is 0.857 bits per heavy atom. The van der Waals surface area contributed by atoms with Crippen LogP contribution in [0.2, 0.25) is 0 Å². The maximum Gasteiger partial charge on any atom is 0.338 e. The van der Waals surface area contributed by atoms with E-state index >= 15 is 0 Å². The summed E-state index contributed by atoms with van der Waals surface area (Å²) in [6.07, 6.45) is 0. The van der Waals surface area contributed by atoms with Crippen molar-refractivity contribution in [1.82, 2.24) is 4.31 Å². The molecule has 0 radical (unpaired) electrons. The van der Waals surface area contributed by atoms with Crippen molar-refractivity contribution in [2.24, 2.45) is 0 Å². The first-order chi connectivity index (χ1) is 20.0. The molecule has 4 aromatic carbocycles. The zero-order valence-electron chi connectivity index (χ0n) is 23.4. The molecule has 0 heterocycles. The van der Waals surface area contributed by atoms with Crippen LogP contribution < -0.4 is 5.32 Å². The molecule has 7 nitrogen and oxygen atoms in total. The molecule has 0 atom stereocenters. The van der Waals surface area contributed by atoms with Gasteiger partial charge in [0.15, 0.2) is 0 Å². The third kappa shape index (κ3) is 7.07. The van der Waals surface area contributed by atoms with E-state index in [4.69, 9.17) is 4.74 Å². The number of carbonyl (C=O) groups is 2. The molecule has 10 heteroatoms. The zero-order valence-corrected chi connectivity index (χ0v) is 24.2. The minimum Gasteiger partial charge on any atom is -0.462 e. The molecule has 0 aliphatic heterocycles. The van der Waals surface area contributed by atoms with Crippen LogP contribution in [0, 0.1) is 25.5 Å². The van der Waals surface area contributed by atoms with Gasteiger partial charge in [0.05, 0.1) is 22.6 Å². The van der Waals surface area contributed by atoms with Crippen LogP contribution in [0.4, 0.5) is 14.5 Å². The van der Waals surface area contributed by atoms with E-state index in [-0.39, 0.29) is 24.6 Å². The number of rotatable bonds is 10. The van der Waals surface area contributed by atoms with Gasteiger partial charge in [-0.05, 0) is 91.6 Å². The van der Waals surface area contributed by atoms with Gasteiger partial charge in [-0.3, -0.25) is 4.79 Å². The van der Waals surface area contributed by atoms with Crippen LogP contribution in [0.3, 0.4) is 0 Å². The molecule has 1 amide bonds. The molecule has 0 fully saturated rings. The predicted octanol–water partition coefficient (Wildman–Crippen LogP) is 6.40. The van der Waals surface area contributed by atoms with E-state index in [1.807, 2.05) is 19.9 Å². The largest absolute Gasteiger partial charge is 0.462 e. The highest BCUT2D eigenvalue weighted by Gasteiger charge is 2.27. The van der Waals surface area contributed by atoms with Gasteiger partial charge >= 0.3 is 5.97 Å². The van der Waals surface area contributed by atoms with Crippen LogP contribution in [0.25, 0.3) is 0 Å². The van der Waals surface area contributed by atoms with Gasteiger partial charge in [0, 0.05) is 18.8 Å². The van der Waals surface area contributed by atoms with Crippen molar-refractivity contribution in [2.45, 2.75) is 38.8 Å². The fraction of sp³-hybridized carbons (Fsp3) is 0.188. The molecule has 1 N–H and O–H groups in total. The highest BCUT2D eigenvalue weighted by Crippen LogP contribution is 2.25. The van der Waals surface area contributed by atoms with Gasteiger partial charge in [0.2, 0.25) is 10.0 Å². The zero-order chi connectivity index (χ0) is 30.4. The van der Waals surface area contributed by atoms with E-state index < -0.39 is 39.1 Å². The van der Waals surface area contributed by atoms with Gasteiger partial charge in [0.1, 0.15) is 11.6 Å². The monoisotopic (exact) mass is 592 g/mol. The molecule has 4 aromatic rings. The van der Waals surface area contributed by atoms with Crippen molar-refractivity contribution < 1.29 is 31.5 Å². The Balaban J connectivity index is 1.67. The first-order valence-electron chi connectivity index (χ1n) is 13.2. The molecule has 0 bridgehead atoms. The highest BCUT2D eigenvalue weighted by atomic mass is 32.2. The maximum absolute atomic E-state index is 14.8. The summed E-state index contributed by atoms with van der Waals surface area (Å²) in [5, 5.41) is 2.66. The number of aryl methyl sites for hydroxylation is 1. The Bertz CT molecular complexity index is 1710. The summed E-state index contributed by atoms with van der Waals surface area (Å²) in [6, 6.07) is 20.0. The van der Waals surface area contributed by atoms with Crippen LogP contribution in [0.5, 0.6) is 0 Å². The van der Waals surface area contributed by atoms with Crippen LogP contribution in [-0.2, 0) is 27.8 Å². The minimum atomic E-state index is -4.30. The molecule has 42 heavy (non-hydrogen) atoms. The number of sulfonamides is 1. The van der Waals surface area contributed by atoms with Crippen molar-refractivity contribution in [3.63, 3.8) is 0 Å². The van der Waals surface area contributed by atoms with Gasteiger partial charge in [-0.15, -0.1) is 0 Å². The smallest absolute Gasteiger partial charge is 0.338 e. The summed E-state index contributed by atoms with van der Waals surface area (Å²) in [5.41, 5.74) is 3.16. The summed E-state index contributed by atoms with van der Waals surface area (Å²) >= 11 is 0. The molecule has 0 saturated carbocycles. The Hall–Kier alpha value is -4.41. The number of hydrogen-bond donors (Lipinski definition) is 1. The standard InChI is InChI=1S/C32H30F2N2O5S/c1-4-41-32(38)25-12-8-23(9-13-25)19-36(20-24-10-14-26(33)15-11-24)42(39,40)27-16-17-29(34)28(18-27)31(37)35-30-7-5-6-21(2)22(30)3/h5-18H,4,19-20H2,1-3H3,(H,35,37). The molecule has 0 unspecified atom stereocenters. The molecule has 4 rings (SSSR count). The fourth-order valence-corrected chi connectivity index (χ4v) is 5.69. The first kappa shape index (κ1) is 30.5. The molecule has 0 aromatic heterocycles. The average molecular weight is 593 g/mol. The number of ether oxygens (including phenoxy) is 1. The van der Waals surface area contributed by atoms with Crippen molar-refractivity contribution >= 4 is 27.6 Å². The van der Waals surface area contributed by atoms with Crippen LogP contribution in [0.15, 0.2) is 89.8 Å². The van der Waals surface area contributed by atoms with Crippen LogP contribution >= 0.6 is 0 Å². The summed E-state index contributed by atoms with van der Waals surface area (Å²) < 4.78 is 62.4. The lowest BCUT2D eigenvalue weighted by atomic mass is 10.1. The van der Waals surface area contributed by atoms with Crippen molar-refractivity contribution in [1.29, 1.82) is 0 Å². The van der Waals surface area contributed by atoms with Crippen molar-refractivity contribution in [2.75, 3.05) is 11.9 Å². The van der Waals surface area contributed by atoms with E-state index in [9.17, 15) is 26.8 Å². The SMILES string of the molecule is CCOC(=O)c1ccc(CN(Cc2ccc(F)cc2)S(=O)(=O)c2ccc(F)c(C(=O)Nc3cccc(C)c3C)c2)cc1. The summed E-state index contributed by atoms with van der Waals surface area (Å²) in [5.74, 6) is -2.65. The van der Waals surface area contributed by atoms with Gasteiger partial charge < -0.3 is 10.1 Å². The van der Waals surface area contributed by atoms with Gasteiger partial charge in [-0.2, -0.15) is 4.31 Å². The first-order valence-corrected chi connectivity index (χ1v) is 14.6. The lowest BCUT2D eigenvalue weighted by Crippen LogP contribution is -2.30. The number of esters is 1. The fourth-order valence-electron chi connectivity index (χ4n) is 4.25. The number of hydrogen-bond acceptors (Lipinski definition) is 5. The quantitative estimate of drug-likeness (QED) is 0.215. The third-order valence-corrected chi connectivity index (χ3v) is 8.56. The molecule has 0 spiro atoms. The Kier molecular flexibility index (Phi) is 9.49. The second-order valence-electron chi connectivity index (χ2n) is 9.66. The molecule has 0 saturated heterocycles. The second-order valence-corrected chi connectivity index (χ2v) is 11.6. The number of nitrogens with zero attached hydrogens (tertiary/aromatic N) is 1. The Morgan fingerprint density at radius 3 is 2.10 bits per heavy atom. The number of amides is 1. The van der Waals surface area contributed by atoms with Crippen molar-refractivity contribution in [3.8, 4) is 0 Å². The summed E-state index contributed by atoms with van der Waals surface area (Å²) in [7, 11) is -4.30. The normalized spacial score (nSPS) is 11.4. The van der Waals surface area contributed by atoms with E-state index in [0.29, 0.717) is 22.4 Å². The average Bonchev–Trinajstić information content (AvgIpc) is 2.96. The highest BCUT2D eigenvalue weighted by molar-refractivity contribution is 7.89. The number of halogens is 2. The second kappa shape index (κ2) is 13.1. The van der Waals surface area contributed by atoms with E-state index in [1.165, 1.54) is 36.4 Å². The molecule has 0 aliphatic carbocycles. The lowest BCUT2D eigenvalue weighted by molar-refractivity contribution is 0.0526. The maximum atomic E-state index is 14.8. The number of anilines is 1. The minimum absolute atomic E-state index is 0.121. The number of benzene rings is 4.